The van der Waals surface area contributed by atoms with Crippen molar-refractivity contribution in [2.45, 2.75) is 38.4 Å². The van der Waals surface area contributed by atoms with Crippen LogP contribution in [0.15, 0.2) is 18.2 Å². The highest BCUT2D eigenvalue weighted by atomic mass is 35.5. The van der Waals surface area contributed by atoms with E-state index in [9.17, 15) is 18.3 Å². The van der Waals surface area contributed by atoms with Crippen molar-refractivity contribution in [3.63, 3.8) is 0 Å². The van der Waals surface area contributed by atoms with Gasteiger partial charge in [-0.2, -0.15) is 13.2 Å². The number of alkyl halides is 3. The van der Waals surface area contributed by atoms with Gasteiger partial charge in [0, 0.05) is 18.2 Å². The molecule has 0 bridgehead atoms. The molecule has 6 heteroatoms. The van der Waals surface area contributed by atoms with Gasteiger partial charge in [0.15, 0.2) is 0 Å². The second kappa shape index (κ2) is 6.18. The third kappa shape index (κ3) is 5.49. The Labute approximate surface area is 109 Å². The Morgan fingerprint density at radius 3 is 2.61 bits per heavy atom. The molecular weight excluding hydrogens is 267 g/mol. The molecule has 102 valence electrons. The van der Waals surface area contributed by atoms with Crippen molar-refractivity contribution in [1.82, 2.24) is 0 Å². The third-order valence-corrected chi connectivity index (χ3v) is 2.76. The van der Waals surface area contributed by atoms with Crippen molar-refractivity contribution in [1.29, 1.82) is 0 Å². The van der Waals surface area contributed by atoms with Gasteiger partial charge in [0.1, 0.15) is 5.75 Å². The molecule has 0 aliphatic heterocycles. The lowest BCUT2D eigenvalue weighted by atomic mass is 10.1. The first kappa shape index (κ1) is 15.0. The van der Waals surface area contributed by atoms with E-state index >= 15 is 0 Å². The van der Waals surface area contributed by atoms with Crippen molar-refractivity contribution in [2.24, 2.45) is 0 Å². The minimum atomic E-state index is -4.10. The average Bonchev–Trinajstić information content (AvgIpc) is 2.21. The van der Waals surface area contributed by atoms with Crippen LogP contribution in [-0.4, -0.2) is 17.3 Å². The Balaban J connectivity index is 2.40. The molecule has 1 atom stereocenters. The molecule has 0 radical (unpaired) electrons. The Kier molecular flexibility index (Phi) is 5.14. The van der Waals surface area contributed by atoms with E-state index in [4.69, 9.17) is 11.6 Å². The lowest BCUT2D eigenvalue weighted by Crippen LogP contribution is -2.16. The van der Waals surface area contributed by atoms with Crippen LogP contribution >= 0.6 is 11.6 Å². The summed E-state index contributed by atoms with van der Waals surface area (Å²) in [7, 11) is 0. The number of phenols is 1. The number of hydrogen-bond donors (Lipinski definition) is 2. The van der Waals surface area contributed by atoms with Crippen LogP contribution in [0.1, 0.15) is 26.2 Å². The minimum absolute atomic E-state index is 0.0214. The number of halogens is 4. The number of aromatic hydroxyl groups is 1. The Morgan fingerprint density at radius 2 is 2.06 bits per heavy atom. The number of hydrogen-bond acceptors (Lipinski definition) is 2. The zero-order valence-electron chi connectivity index (χ0n) is 9.89. The second-order valence-corrected chi connectivity index (χ2v) is 4.63. The fraction of sp³-hybridized carbons (Fsp3) is 0.500. The van der Waals surface area contributed by atoms with Gasteiger partial charge in [-0.3, -0.25) is 0 Å². The van der Waals surface area contributed by atoms with Crippen molar-refractivity contribution in [3.05, 3.63) is 23.2 Å². The van der Waals surface area contributed by atoms with Gasteiger partial charge in [0.25, 0.3) is 0 Å². The van der Waals surface area contributed by atoms with Crippen LogP contribution < -0.4 is 5.32 Å². The van der Waals surface area contributed by atoms with Gasteiger partial charge in [-0.25, -0.2) is 0 Å². The summed E-state index contributed by atoms with van der Waals surface area (Å²) in [5.74, 6) is -0.0214. The molecule has 0 aliphatic carbocycles. The van der Waals surface area contributed by atoms with Crippen molar-refractivity contribution in [2.75, 3.05) is 5.32 Å². The van der Waals surface area contributed by atoms with Gasteiger partial charge in [-0.1, -0.05) is 11.6 Å². The molecule has 2 nitrogen and oxygen atoms in total. The van der Waals surface area contributed by atoms with Gasteiger partial charge in [0.2, 0.25) is 0 Å². The summed E-state index contributed by atoms with van der Waals surface area (Å²) < 4.78 is 35.9. The fourth-order valence-corrected chi connectivity index (χ4v) is 1.74. The molecule has 0 fully saturated rings. The van der Waals surface area contributed by atoms with Crippen LogP contribution in [0.2, 0.25) is 5.02 Å². The third-order valence-electron chi connectivity index (χ3n) is 2.46. The Hall–Kier alpha value is -1.10. The number of anilines is 1. The van der Waals surface area contributed by atoms with E-state index in [0.29, 0.717) is 12.1 Å². The predicted octanol–water partition coefficient (Wildman–Crippen LogP) is 4.58. The molecule has 0 aliphatic rings. The number of rotatable bonds is 5. The summed E-state index contributed by atoms with van der Waals surface area (Å²) in [5.41, 5.74) is 0.678. The maximum absolute atomic E-state index is 12.0. The smallest absolute Gasteiger partial charge is 0.389 e. The zero-order valence-corrected chi connectivity index (χ0v) is 10.6. The summed E-state index contributed by atoms with van der Waals surface area (Å²) in [4.78, 5) is 0. The van der Waals surface area contributed by atoms with Crippen LogP contribution in [0.4, 0.5) is 18.9 Å². The van der Waals surface area contributed by atoms with Gasteiger partial charge >= 0.3 is 6.18 Å². The van der Waals surface area contributed by atoms with Gasteiger partial charge < -0.3 is 10.4 Å². The second-order valence-electron chi connectivity index (χ2n) is 4.22. The molecular formula is C12H15ClF3NO. The highest BCUT2D eigenvalue weighted by molar-refractivity contribution is 6.32. The molecule has 18 heavy (non-hydrogen) atoms. The summed E-state index contributed by atoms with van der Waals surface area (Å²) in [5, 5.41) is 12.5. The number of nitrogens with one attached hydrogen (secondary N) is 1. The molecule has 0 heterocycles. The standard InChI is InChI=1S/C12H15ClF3NO/c1-8(3-2-6-12(14,15)16)17-9-4-5-11(18)10(13)7-9/h4-5,7-8,17-18H,2-3,6H2,1H3. The SMILES string of the molecule is CC(CCCC(F)(F)F)Nc1ccc(O)c(Cl)c1. The molecule has 1 unspecified atom stereocenters. The summed E-state index contributed by atoms with van der Waals surface area (Å²) in [6.45, 7) is 1.80. The van der Waals surface area contributed by atoms with Crippen LogP contribution in [0.3, 0.4) is 0 Å². The maximum Gasteiger partial charge on any atom is 0.389 e. The van der Waals surface area contributed by atoms with Crippen molar-refractivity contribution < 1.29 is 18.3 Å². The maximum atomic E-state index is 12.0. The molecule has 2 N–H and O–H groups in total. The average molecular weight is 282 g/mol. The van der Waals surface area contributed by atoms with E-state index in [-0.39, 0.29) is 23.2 Å². The van der Waals surface area contributed by atoms with Gasteiger partial charge in [-0.15, -0.1) is 0 Å². The predicted molar refractivity (Wildman–Crippen MR) is 66.1 cm³/mol. The number of benzene rings is 1. The lowest BCUT2D eigenvalue weighted by Gasteiger charge is -2.16. The molecule has 0 saturated carbocycles. The first-order chi connectivity index (χ1) is 8.28. The van der Waals surface area contributed by atoms with Gasteiger partial charge in [0.05, 0.1) is 5.02 Å². The molecule has 0 aromatic heterocycles. The summed E-state index contributed by atoms with van der Waals surface area (Å²) in [6.07, 6.45) is -4.36. The monoisotopic (exact) mass is 281 g/mol. The van der Waals surface area contributed by atoms with Crippen LogP contribution in [0, 0.1) is 0 Å². The van der Waals surface area contributed by atoms with E-state index in [2.05, 4.69) is 5.32 Å². The normalized spacial score (nSPS) is 13.4. The molecule has 1 aromatic carbocycles. The summed E-state index contributed by atoms with van der Waals surface area (Å²) >= 11 is 5.72. The van der Waals surface area contributed by atoms with Crippen LogP contribution in [0.25, 0.3) is 0 Å². The Morgan fingerprint density at radius 1 is 1.39 bits per heavy atom. The van der Waals surface area contributed by atoms with Crippen molar-refractivity contribution in [3.8, 4) is 5.75 Å². The molecule has 1 rings (SSSR count). The van der Waals surface area contributed by atoms with Crippen molar-refractivity contribution >= 4 is 17.3 Å². The molecule has 1 aromatic rings. The van der Waals surface area contributed by atoms with E-state index < -0.39 is 12.6 Å². The first-order valence-corrected chi connectivity index (χ1v) is 5.97. The topological polar surface area (TPSA) is 32.3 Å². The first-order valence-electron chi connectivity index (χ1n) is 5.60. The Bertz CT molecular complexity index is 395. The van der Waals surface area contributed by atoms with E-state index in [0.717, 1.165) is 0 Å². The lowest BCUT2D eigenvalue weighted by molar-refractivity contribution is -0.135. The quantitative estimate of drug-likeness (QED) is 0.774. The van der Waals surface area contributed by atoms with Crippen LogP contribution in [-0.2, 0) is 0 Å². The highest BCUT2D eigenvalue weighted by Gasteiger charge is 2.26. The zero-order chi connectivity index (χ0) is 13.8. The summed E-state index contributed by atoms with van der Waals surface area (Å²) in [6, 6.07) is 4.51. The molecule has 0 saturated heterocycles. The minimum Gasteiger partial charge on any atom is -0.506 e. The van der Waals surface area contributed by atoms with Gasteiger partial charge in [-0.05, 0) is 38.0 Å². The largest absolute Gasteiger partial charge is 0.506 e. The fourth-order valence-electron chi connectivity index (χ4n) is 1.56. The number of phenolic OH excluding ortho intramolecular Hbond substituents is 1. The van der Waals surface area contributed by atoms with E-state index in [1.54, 1.807) is 13.0 Å². The highest BCUT2D eigenvalue weighted by Crippen LogP contribution is 2.27. The molecule has 0 spiro atoms. The van der Waals surface area contributed by atoms with Crippen LogP contribution in [0.5, 0.6) is 5.75 Å². The molecule has 0 amide bonds. The van der Waals surface area contributed by atoms with E-state index in [1.165, 1.54) is 12.1 Å². The van der Waals surface area contributed by atoms with E-state index in [1.807, 2.05) is 0 Å².